The molecule has 0 aliphatic carbocycles. The summed E-state index contributed by atoms with van der Waals surface area (Å²) in [6, 6.07) is 3.01. The Morgan fingerprint density at radius 2 is 2.17 bits per heavy atom. The highest BCUT2D eigenvalue weighted by molar-refractivity contribution is 7.89. The summed E-state index contributed by atoms with van der Waals surface area (Å²) >= 11 is 5.65. The van der Waals surface area contributed by atoms with Crippen LogP contribution in [0.15, 0.2) is 23.1 Å². The fraction of sp³-hybridized carbons (Fsp3) is 0.400. The van der Waals surface area contributed by atoms with E-state index in [9.17, 15) is 17.9 Å². The number of halogens is 2. The van der Waals surface area contributed by atoms with Crippen LogP contribution >= 0.6 is 11.6 Å². The number of hydrogen-bond acceptors (Lipinski definition) is 4. The van der Waals surface area contributed by atoms with Gasteiger partial charge in [-0.2, -0.15) is 0 Å². The molecule has 0 bridgehead atoms. The Kier molecular flexibility index (Phi) is 5.48. The first-order chi connectivity index (χ1) is 8.36. The molecule has 1 rings (SSSR count). The average molecular weight is 297 g/mol. The van der Waals surface area contributed by atoms with E-state index in [0.29, 0.717) is 0 Å². The zero-order valence-corrected chi connectivity index (χ0v) is 11.0. The quantitative estimate of drug-likeness (QED) is 0.711. The van der Waals surface area contributed by atoms with Crippen LogP contribution < -0.4 is 10.5 Å². The van der Waals surface area contributed by atoms with E-state index in [2.05, 4.69) is 4.72 Å². The summed E-state index contributed by atoms with van der Waals surface area (Å²) in [6.45, 7) is 0.0768. The van der Waals surface area contributed by atoms with E-state index in [0.717, 1.165) is 18.2 Å². The SMILES string of the molecule is NC[C@@H](O)CCNS(=O)(=O)c1ccc(F)cc1Cl. The fourth-order valence-electron chi connectivity index (χ4n) is 1.25. The molecule has 5 nitrogen and oxygen atoms in total. The van der Waals surface area contributed by atoms with Crippen molar-refractivity contribution >= 4 is 21.6 Å². The Bertz CT molecular complexity index is 510. The van der Waals surface area contributed by atoms with Gasteiger partial charge in [-0.3, -0.25) is 0 Å². The molecular weight excluding hydrogens is 283 g/mol. The van der Waals surface area contributed by atoms with E-state index in [4.69, 9.17) is 17.3 Å². The first-order valence-electron chi connectivity index (χ1n) is 5.19. The minimum absolute atomic E-state index is 0.0222. The van der Waals surface area contributed by atoms with Gasteiger partial charge in [0, 0.05) is 13.1 Å². The number of rotatable bonds is 6. The van der Waals surface area contributed by atoms with E-state index in [1.54, 1.807) is 0 Å². The molecule has 1 atom stereocenters. The number of sulfonamides is 1. The molecule has 0 aliphatic rings. The Hall–Kier alpha value is -0.730. The normalized spacial score (nSPS) is 13.6. The number of aliphatic hydroxyl groups excluding tert-OH is 1. The predicted molar refractivity (Wildman–Crippen MR) is 66.3 cm³/mol. The van der Waals surface area contributed by atoms with Crippen molar-refractivity contribution in [2.45, 2.75) is 17.4 Å². The lowest BCUT2D eigenvalue weighted by Gasteiger charge is -2.10. The number of benzene rings is 1. The number of aliphatic hydroxyl groups is 1. The minimum atomic E-state index is -3.81. The van der Waals surface area contributed by atoms with E-state index in [1.165, 1.54) is 0 Å². The molecule has 1 aromatic rings. The van der Waals surface area contributed by atoms with Gasteiger partial charge in [0.05, 0.1) is 11.1 Å². The van der Waals surface area contributed by atoms with Crippen molar-refractivity contribution in [3.8, 4) is 0 Å². The molecule has 0 aliphatic heterocycles. The molecule has 18 heavy (non-hydrogen) atoms. The third kappa shape index (κ3) is 4.18. The Morgan fingerprint density at radius 3 is 2.72 bits per heavy atom. The molecule has 0 aromatic heterocycles. The van der Waals surface area contributed by atoms with Gasteiger partial charge < -0.3 is 10.8 Å². The molecule has 4 N–H and O–H groups in total. The second-order valence-corrected chi connectivity index (χ2v) is 5.79. The summed E-state index contributed by atoms with van der Waals surface area (Å²) in [7, 11) is -3.81. The molecule has 0 unspecified atom stereocenters. The lowest BCUT2D eigenvalue weighted by Crippen LogP contribution is -2.30. The Morgan fingerprint density at radius 1 is 1.50 bits per heavy atom. The molecule has 0 spiro atoms. The maximum atomic E-state index is 12.8. The molecule has 8 heteroatoms. The Balaban J connectivity index is 2.74. The lowest BCUT2D eigenvalue weighted by molar-refractivity contribution is 0.174. The minimum Gasteiger partial charge on any atom is -0.392 e. The summed E-state index contributed by atoms with van der Waals surface area (Å²) in [6.07, 6.45) is -0.578. The van der Waals surface area contributed by atoms with Crippen molar-refractivity contribution in [3.05, 3.63) is 29.0 Å². The zero-order valence-electron chi connectivity index (χ0n) is 9.44. The van der Waals surface area contributed by atoms with Crippen LogP contribution in [0.3, 0.4) is 0 Å². The van der Waals surface area contributed by atoms with Gasteiger partial charge in [-0.05, 0) is 24.6 Å². The van der Waals surface area contributed by atoms with Crippen molar-refractivity contribution in [1.29, 1.82) is 0 Å². The highest BCUT2D eigenvalue weighted by Gasteiger charge is 2.18. The standard InChI is InChI=1S/C10H14ClFN2O3S/c11-9-5-7(12)1-2-10(9)18(16,17)14-4-3-8(15)6-13/h1-2,5,8,14-15H,3-4,6,13H2/t8-/m0/s1. The molecule has 0 saturated carbocycles. The predicted octanol–water partition coefficient (Wildman–Crippen LogP) is 0.467. The topological polar surface area (TPSA) is 92.4 Å². The van der Waals surface area contributed by atoms with E-state index in [-0.39, 0.29) is 29.4 Å². The van der Waals surface area contributed by atoms with Crippen molar-refractivity contribution in [2.75, 3.05) is 13.1 Å². The number of nitrogens with two attached hydrogens (primary N) is 1. The Labute approximate surface area is 110 Å². The van der Waals surface area contributed by atoms with E-state index < -0.39 is 21.9 Å². The highest BCUT2D eigenvalue weighted by atomic mass is 35.5. The van der Waals surface area contributed by atoms with E-state index in [1.807, 2.05) is 0 Å². The lowest BCUT2D eigenvalue weighted by atomic mass is 10.3. The number of hydrogen-bond donors (Lipinski definition) is 3. The summed E-state index contributed by atoms with van der Waals surface area (Å²) in [5, 5.41) is 8.99. The van der Waals surface area contributed by atoms with Crippen LogP contribution in [0.1, 0.15) is 6.42 Å². The fourth-order valence-corrected chi connectivity index (χ4v) is 2.83. The van der Waals surface area contributed by atoms with Crippen molar-refractivity contribution in [3.63, 3.8) is 0 Å². The third-order valence-electron chi connectivity index (χ3n) is 2.23. The average Bonchev–Trinajstić information content (AvgIpc) is 2.27. The molecule has 0 radical (unpaired) electrons. The van der Waals surface area contributed by atoms with E-state index >= 15 is 0 Å². The first-order valence-corrected chi connectivity index (χ1v) is 7.06. The van der Waals surface area contributed by atoms with Gasteiger partial charge in [0.1, 0.15) is 10.7 Å². The monoisotopic (exact) mass is 296 g/mol. The molecule has 1 aromatic carbocycles. The molecular formula is C10H14ClFN2O3S. The van der Waals surface area contributed by atoms with Gasteiger partial charge in [0.25, 0.3) is 0 Å². The van der Waals surface area contributed by atoms with Gasteiger partial charge in [-0.15, -0.1) is 0 Å². The molecule has 0 amide bonds. The van der Waals surface area contributed by atoms with Gasteiger partial charge in [-0.25, -0.2) is 17.5 Å². The van der Waals surface area contributed by atoms with Gasteiger partial charge in [-0.1, -0.05) is 11.6 Å². The van der Waals surface area contributed by atoms with Gasteiger partial charge in [0.2, 0.25) is 10.0 Å². The molecule has 0 fully saturated rings. The van der Waals surface area contributed by atoms with Crippen molar-refractivity contribution < 1.29 is 17.9 Å². The smallest absolute Gasteiger partial charge is 0.242 e. The van der Waals surface area contributed by atoms with Crippen LogP contribution in [0, 0.1) is 5.82 Å². The van der Waals surface area contributed by atoms with Crippen LogP contribution in [0.4, 0.5) is 4.39 Å². The van der Waals surface area contributed by atoms with Crippen LogP contribution in [0.5, 0.6) is 0 Å². The van der Waals surface area contributed by atoms with Crippen molar-refractivity contribution in [2.24, 2.45) is 5.73 Å². The summed E-state index contributed by atoms with van der Waals surface area (Å²) < 4.78 is 38.6. The third-order valence-corrected chi connectivity index (χ3v) is 4.17. The van der Waals surface area contributed by atoms with Crippen molar-refractivity contribution in [1.82, 2.24) is 4.72 Å². The summed E-state index contributed by atoms with van der Waals surface area (Å²) in [4.78, 5) is -0.201. The molecule has 0 saturated heterocycles. The van der Waals surface area contributed by atoms with Gasteiger partial charge in [0.15, 0.2) is 0 Å². The molecule has 0 heterocycles. The second-order valence-electron chi connectivity index (χ2n) is 3.65. The summed E-state index contributed by atoms with van der Waals surface area (Å²) in [5.41, 5.74) is 5.18. The number of nitrogens with one attached hydrogen (secondary N) is 1. The van der Waals surface area contributed by atoms with Gasteiger partial charge >= 0.3 is 0 Å². The zero-order chi connectivity index (χ0) is 13.8. The highest BCUT2D eigenvalue weighted by Crippen LogP contribution is 2.21. The largest absolute Gasteiger partial charge is 0.392 e. The maximum absolute atomic E-state index is 12.8. The second kappa shape index (κ2) is 6.44. The van der Waals surface area contributed by atoms with Crippen LogP contribution in [0.2, 0.25) is 5.02 Å². The van der Waals surface area contributed by atoms with Crippen LogP contribution in [0.25, 0.3) is 0 Å². The van der Waals surface area contributed by atoms with Crippen LogP contribution in [-0.2, 0) is 10.0 Å². The maximum Gasteiger partial charge on any atom is 0.242 e. The molecule has 102 valence electrons. The summed E-state index contributed by atoms with van der Waals surface area (Å²) in [5.74, 6) is -0.613. The van der Waals surface area contributed by atoms with Crippen LogP contribution in [-0.4, -0.2) is 32.7 Å². The first kappa shape index (κ1) is 15.3.